The average Bonchev–Trinajstić information content (AvgIpc) is 2.88. The molecule has 41 heavy (non-hydrogen) atoms. The summed E-state index contributed by atoms with van der Waals surface area (Å²) < 4.78 is 66.3. The fourth-order valence-electron chi connectivity index (χ4n) is 5.23. The molecular weight excluding hydrogens is 682 g/mol. The van der Waals surface area contributed by atoms with Crippen LogP contribution >= 0.6 is 0 Å². The second-order valence-electron chi connectivity index (χ2n) is 11.7. The SMILES string of the molecule is CCCCCCCCCCCCC(CCC)S(=O)(=O)[O-].CCCCCCCCCCCCC(CCC)S(=O)(=O)[O-].[Ba+2]. The van der Waals surface area contributed by atoms with Gasteiger partial charge >= 0.3 is 48.9 Å². The van der Waals surface area contributed by atoms with Gasteiger partial charge in [0.15, 0.2) is 0 Å². The van der Waals surface area contributed by atoms with E-state index in [0.29, 0.717) is 25.7 Å². The molecule has 0 saturated heterocycles. The molecule has 0 aliphatic carbocycles. The molecule has 2 unspecified atom stereocenters. The summed E-state index contributed by atoms with van der Waals surface area (Å²) in [6.07, 6.45) is 28.3. The van der Waals surface area contributed by atoms with E-state index in [1.54, 1.807) is 0 Å². The molecule has 9 heteroatoms. The first-order valence-electron chi connectivity index (χ1n) is 16.9. The van der Waals surface area contributed by atoms with E-state index in [4.69, 9.17) is 0 Å². The van der Waals surface area contributed by atoms with E-state index in [2.05, 4.69) is 13.8 Å². The number of unbranched alkanes of at least 4 members (excludes halogenated alkanes) is 18. The second-order valence-corrected chi connectivity index (χ2v) is 15.1. The smallest absolute Gasteiger partial charge is 0.748 e. The van der Waals surface area contributed by atoms with E-state index in [0.717, 1.165) is 38.5 Å². The Morgan fingerprint density at radius 2 is 0.585 bits per heavy atom. The fraction of sp³-hybridized carbons (Fsp3) is 1.00. The molecule has 6 nitrogen and oxygen atoms in total. The topological polar surface area (TPSA) is 114 Å². The van der Waals surface area contributed by atoms with Gasteiger partial charge in [0.1, 0.15) is 0 Å². The molecular formula is C32H66BaO6S2. The zero-order valence-corrected chi connectivity index (χ0v) is 33.6. The third-order valence-corrected chi connectivity index (χ3v) is 10.4. The Balaban J connectivity index is -0.000000688. The van der Waals surface area contributed by atoms with Crippen molar-refractivity contribution in [3.05, 3.63) is 0 Å². The Kier molecular flexibility index (Phi) is 37.4. The van der Waals surface area contributed by atoms with E-state index >= 15 is 0 Å². The summed E-state index contributed by atoms with van der Waals surface area (Å²) in [5, 5.41) is -1.30. The van der Waals surface area contributed by atoms with Crippen LogP contribution in [0.15, 0.2) is 0 Å². The third-order valence-electron chi connectivity index (χ3n) is 7.80. The zero-order chi connectivity index (χ0) is 30.5. The van der Waals surface area contributed by atoms with Crippen LogP contribution in [0.5, 0.6) is 0 Å². The van der Waals surface area contributed by atoms with Gasteiger partial charge in [0, 0.05) is 10.5 Å². The summed E-state index contributed by atoms with van der Waals surface area (Å²) in [6, 6.07) is 0. The Morgan fingerprint density at radius 3 is 0.780 bits per heavy atom. The second kappa shape index (κ2) is 32.8. The molecule has 244 valence electrons. The molecule has 0 aromatic carbocycles. The van der Waals surface area contributed by atoms with E-state index < -0.39 is 30.7 Å². The maximum Gasteiger partial charge on any atom is 2.00 e. The van der Waals surface area contributed by atoms with Gasteiger partial charge in [-0.2, -0.15) is 0 Å². The van der Waals surface area contributed by atoms with Crippen molar-refractivity contribution in [2.24, 2.45) is 0 Å². The zero-order valence-electron chi connectivity index (χ0n) is 27.5. The van der Waals surface area contributed by atoms with Gasteiger partial charge in [-0.05, 0) is 25.7 Å². The molecule has 0 aromatic heterocycles. The summed E-state index contributed by atoms with van der Waals surface area (Å²) in [5.74, 6) is 0. The fourth-order valence-corrected chi connectivity index (χ4v) is 7.19. The Hall–Kier alpha value is 1.39. The van der Waals surface area contributed by atoms with Crippen molar-refractivity contribution in [3.63, 3.8) is 0 Å². The molecule has 0 N–H and O–H groups in total. The summed E-state index contributed by atoms with van der Waals surface area (Å²) in [6.45, 7) is 8.31. The first-order chi connectivity index (χ1) is 19.0. The van der Waals surface area contributed by atoms with Gasteiger partial charge in [0.25, 0.3) is 0 Å². The number of hydrogen-bond donors (Lipinski definition) is 0. The average molecular weight is 748 g/mol. The van der Waals surface area contributed by atoms with Crippen LogP contribution in [-0.2, 0) is 20.2 Å². The Bertz CT molecular complexity index is 666. The summed E-state index contributed by atoms with van der Waals surface area (Å²) in [7, 11) is -8.17. The molecule has 0 spiro atoms. The van der Waals surface area contributed by atoms with Crippen molar-refractivity contribution >= 4 is 69.1 Å². The largest absolute Gasteiger partial charge is 2.00 e. The number of hydrogen-bond acceptors (Lipinski definition) is 6. The van der Waals surface area contributed by atoms with Crippen LogP contribution in [-0.4, -0.2) is 85.3 Å². The minimum Gasteiger partial charge on any atom is -0.748 e. The molecule has 0 fully saturated rings. The van der Waals surface area contributed by atoms with Gasteiger partial charge in [-0.3, -0.25) is 0 Å². The van der Waals surface area contributed by atoms with Crippen LogP contribution in [0.1, 0.15) is 195 Å². The van der Waals surface area contributed by atoms with E-state index in [-0.39, 0.29) is 48.9 Å². The maximum absolute atomic E-state index is 11.1. The predicted octanol–water partition coefficient (Wildman–Crippen LogP) is 9.64. The van der Waals surface area contributed by atoms with Crippen molar-refractivity contribution in [2.45, 2.75) is 205 Å². The van der Waals surface area contributed by atoms with Crippen LogP contribution < -0.4 is 0 Å². The van der Waals surface area contributed by atoms with Gasteiger partial charge in [-0.25, -0.2) is 16.8 Å². The maximum atomic E-state index is 11.1. The molecule has 0 saturated carbocycles. The Labute approximate surface area is 297 Å². The summed E-state index contributed by atoms with van der Waals surface area (Å²) in [5.41, 5.74) is 0. The first-order valence-corrected chi connectivity index (χ1v) is 19.9. The minimum absolute atomic E-state index is 0. The first kappa shape index (κ1) is 46.8. The van der Waals surface area contributed by atoms with Crippen LogP contribution in [0.25, 0.3) is 0 Å². The van der Waals surface area contributed by atoms with E-state index in [9.17, 15) is 25.9 Å². The van der Waals surface area contributed by atoms with Gasteiger partial charge in [0.05, 0.1) is 20.2 Å². The summed E-state index contributed by atoms with van der Waals surface area (Å²) in [4.78, 5) is 0. The number of rotatable bonds is 28. The quantitative estimate of drug-likeness (QED) is 0.0447. The normalized spacial score (nSPS) is 13.2. The van der Waals surface area contributed by atoms with Crippen molar-refractivity contribution in [1.29, 1.82) is 0 Å². The molecule has 0 radical (unpaired) electrons. The van der Waals surface area contributed by atoms with Crippen molar-refractivity contribution in [3.8, 4) is 0 Å². The minimum atomic E-state index is -4.09. The monoisotopic (exact) mass is 748 g/mol. The molecule has 0 aliphatic rings. The Morgan fingerprint density at radius 1 is 0.366 bits per heavy atom. The predicted molar refractivity (Wildman–Crippen MR) is 175 cm³/mol. The summed E-state index contributed by atoms with van der Waals surface area (Å²) >= 11 is 0. The van der Waals surface area contributed by atoms with Gasteiger partial charge < -0.3 is 9.11 Å². The van der Waals surface area contributed by atoms with E-state index in [1.807, 2.05) is 13.8 Å². The van der Waals surface area contributed by atoms with Crippen LogP contribution in [0.3, 0.4) is 0 Å². The molecule has 0 amide bonds. The van der Waals surface area contributed by atoms with Gasteiger partial charge in [-0.1, -0.05) is 169 Å². The standard InChI is InChI=1S/2C16H34O3S.Ba/c2*1-3-5-6-7-8-9-10-11-12-13-15-16(14-4-2)20(17,18)19;/h2*16H,3-15H2,1-2H3,(H,17,18,19);/q;;+2/p-2. The van der Waals surface area contributed by atoms with Gasteiger partial charge in [0.2, 0.25) is 0 Å². The molecule has 2 atom stereocenters. The molecule has 0 heterocycles. The van der Waals surface area contributed by atoms with E-state index in [1.165, 1.54) is 103 Å². The van der Waals surface area contributed by atoms with Crippen molar-refractivity contribution < 1.29 is 25.9 Å². The van der Waals surface area contributed by atoms with Gasteiger partial charge in [-0.15, -0.1) is 0 Å². The van der Waals surface area contributed by atoms with Crippen LogP contribution in [0, 0.1) is 0 Å². The molecule has 0 aromatic rings. The van der Waals surface area contributed by atoms with Crippen LogP contribution in [0.2, 0.25) is 0 Å². The molecule has 0 aliphatic heterocycles. The van der Waals surface area contributed by atoms with Crippen LogP contribution in [0.4, 0.5) is 0 Å². The third kappa shape index (κ3) is 34.1. The molecule has 0 bridgehead atoms. The molecule has 0 rings (SSSR count). The van der Waals surface area contributed by atoms with Crippen molar-refractivity contribution in [2.75, 3.05) is 0 Å². The van der Waals surface area contributed by atoms with Crippen molar-refractivity contribution in [1.82, 2.24) is 0 Å².